The molecule has 0 aliphatic heterocycles. The van der Waals surface area contributed by atoms with Crippen molar-refractivity contribution in [3.63, 3.8) is 0 Å². The van der Waals surface area contributed by atoms with Crippen molar-refractivity contribution < 1.29 is 9.59 Å². The van der Waals surface area contributed by atoms with Crippen molar-refractivity contribution in [2.24, 2.45) is 0 Å². The van der Waals surface area contributed by atoms with E-state index in [4.69, 9.17) is 0 Å². The summed E-state index contributed by atoms with van der Waals surface area (Å²) < 4.78 is 0. The van der Waals surface area contributed by atoms with Gasteiger partial charge in [-0.2, -0.15) is 0 Å². The maximum Gasteiger partial charge on any atom is 0.242 e. The molecule has 0 radical (unpaired) electrons. The van der Waals surface area contributed by atoms with E-state index in [9.17, 15) is 9.59 Å². The zero-order valence-electron chi connectivity index (χ0n) is 14.2. The number of benzene rings is 2. The Hall–Kier alpha value is -2.62. The molecule has 0 bridgehead atoms. The third-order valence-electron chi connectivity index (χ3n) is 4.08. The van der Waals surface area contributed by atoms with Crippen LogP contribution in [0, 0.1) is 0 Å². The molecule has 2 rings (SSSR count). The SMILES string of the molecule is CNC(=O)C(C)N(Cc1ccccc1)C(=O)CCc1ccccc1. The molecule has 0 aliphatic rings. The Morgan fingerprint density at radius 3 is 2.04 bits per heavy atom. The van der Waals surface area contributed by atoms with Crippen molar-refractivity contribution in [1.82, 2.24) is 10.2 Å². The summed E-state index contributed by atoms with van der Waals surface area (Å²) in [6, 6.07) is 19.2. The quantitative estimate of drug-likeness (QED) is 0.851. The van der Waals surface area contributed by atoms with E-state index in [0.717, 1.165) is 11.1 Å². The number of rotatable bonds is 7. The topological polar surface area (TPSA) is 49.4 Å². The summed E-state index contributed by atoms with van der Waals surface area (Å²) >= 11 is 0. The fourth-order valence-electron chi connectivity index (χ4n) is 2.61. The molecule has 4 nitrogen and oxygen atoms in total. The molecule has 2 aromatic carbocycles. The first-order valence-electron chi connectivity index (χ1n) is 8.20. The second-order valence-corrected chi connectivity index (χ2v) is 5.78. The molecule has 0 aliphatic carbocycles. The standard InChI is InChI=1S/C20H24N2O2/c1-16(20(24)21-2)22(15-18-11-7-4-8-12-18)19(23)14-13-17-9-5-3-6-10-17/h3-12,16H,13-15H2,1-2H3,(H,21,24). The summed E-state index contributed by atoms with van der Waals surface area (Å²) in [5.41, 5.74) is 2.14. The first kappa shape index (κ1) is 17.7. The lowest BCUT2D eigenvalue weighted by Crippen LogP contribution is -2.46. The van der Waals surface area contributed by atoms with E-state index in [1.807, 2.05) is 60.7 Å². The van der Waals surface area contributed by atoms with Crippen LogP contribution < -0.4 is 5.32 Å². The summed E-state index contributed by atoms with van der Waals surface area (Å²) in [5, 5.41) is 2.63. The monoisotopic (exact) mass is 324 g/mol. The van der Waals surface area contributed by atoms with Gasteiger partial charge in [0.05, 0.1) is 0 Å². The van der Waals surface area contributed by atoms with E-state index < -0.39 is 6.04 Å². The number of nitrogens with one attached hydrogen (secondary N) is 1. The first-order chi connectivity index (χ1) is 11.6. The van der Waals surface area contributed by atoms with Gasteiger partial charge in [-0.15, -0.1) is 0 Å². The third kappa shape index (κ3) is 4.95. The average molecular weight is 324 g/mol. The van der Waals surface area contributed by atoms with Crippen LogP contribution in [0.25, 0.3) is 0 Å². The molecule has 0 spiro atoms. The number of carbonyl (C=O) groups is 2. The van der Waals surface area contributed by atoms with Crippen molar-refractivity contribution in [1.29, 1.82) is 0 Å². The fourth-order valence-corrected chi connectivity index (χ4v) is 2.61. The molecule has 0 heterocycles. The zero-order chi connectivity index (χ0) is 17.4. The number of aryl methyl sites for hydroxylation is 1. The van der Waals surface area contributed by atoms with Gasteiger partial charge in [-0.3, -0.25) is 9.59 Å². The predicted molar refractivity (Wildman–Crippen MR) is 95.3 cm³/mol. The normalized spacial score (nSPS) is 11.6. The van der Waals surface area contributed by atoms with Crippen LogP contribution in [0.4, 0.5) is 0 Å². The molecule has 126 valence electrons. The number of carbonyl (C=O) groups excluding carboxylic acids is 2. The van der Waals surface area contributed by atoms with Gasteiger partial charge in [0, 0.05) is 20.0 Å². The molecule has 1 unspecified atom stereocenters. The molecule has 4 heteroatoms. The molecular formula is C20H24N2O2. The Bertz CT molecular complexity index is 656. The second-order valence-electron chi connectivity index (χ2n) is 5.78. The number of amides is 2. The van der Waals surface area contributed by atoms with E-state index in [1.165, 1.54) is 0 Å². The van der Waals surface area contributed by atoms with Crippen LogP contribution in [0.1, 0.15) is 24.5 Å². The summed E-state index contributed by atoms with van der Waals surface area (Å²) in [4.78, 5) is 26.4. The van der Waals surface area contributed by atoms with Crippen LogP contribution >= 0.6 is 0 Å². The van der Waals surface area contributed by atoms with E-state index in [1.54, 1.807) is 18.9 Å². The minimum absolute atomic E-state index is 0.0150. The largest absolute Gasteiger partial charge is 0.357 e. The number of likely N-dealkylation sites (N-methyl/N-ethyl adjacent to an activating group) is 1. The first-order valence-corrected chi connectivity index (χ1v) is 8.20. The Labute approximate surface area is 143 Å². The van der Waals surface area contributed by atoms with Gasteiger partial charge >= 0.3 is 0 Å². The lowest BCUT2D eigenvalue weighted by Gasteiger charge is -2.28. The van der Waals surface area contributed by atoms with Crippen molar-refractivity contribution in [3.8, 4) is 0 Å². The molecule has 1 atom stereocenters. The highest BCUT2D eigenvalue weighted by Crippen LogP contribution is 2.12. The third-order valence-corrected chi connectivity index (χ3v) is 4.08. The van der Waals surface area contributed by atoms with Crippen molar-refractivity contribution >= 4 is 11.8 Å². The lowest BCUT2D eigenvalue weighted by atomic mass is 10.1. The second kappa shape index (κ2) is 8.87. The Morgan fingerprint density at radius 2 is 1.50 bits per heavy atom. The molecular weight excluding hydrogens is 300 g/mol. The van der Waals surface area contributed by atoms with Crippen LogP contribution in [0.2, 0.25) is 0 Å². The maximum atomic E-state index is 12.7. The average Bonchev–Trinajstić information content (AvgIpc) is 2.64. The molecule has 0 fully saturated rings. The van der Waals surface area contributed by atoms with Gasteiger partial charge in [0.2, 0.25) is 11.8 Å². The molecule has 0 saturated heterocycles. The highest BCUT2D eigenvalue weighted by Gasteiger charge is 2.25. The van der Waals surface area contributed by atoms with E-state index in [2.05, 4.69) is 5.32 Å². The summed E-state index contributed by atoms with van der Waals surface area (Å²) in [5.74, 6) is -0.169. The summed E-state index contributed by atoms with van der Waals surface area (Å²) in [6.45, 7) is 2.20. The van der Waals surface area contributed by atoms with Crippen LogP contribution in [-0.4, -0.2) is 29.8 Å². The van der Waals surface area contributed by atoms with Gasteiger partial charge in [0.1, 0.15) is 6.04 Å². The van der Waals surface area contributed by atoms with Crippen LogP contribution in [0.3, 0.4) is 0 Å². The van der Waals surface area contributed by atoms with Gasteiger partial charge < -0.3 is 10.2 Å². The minimum atomic E-state index is -0.501. The summed E-state index contributed by atoms with van der Waals surface area (Å²) in [7, 11) is 1.59. The zero-order valence-corrected chi connectivity index (χ0v) is 14.2. The van der Waals surface area contributed by atoms with E-state index >= 15 is 0 Å². The highest BCUT2D eigenvalue weighted by molar-refractivity contribution is 5.87. The van der Waals surface area contributed by atoms with Crippen molar-refractivity contribution in [2.45, 2.75) is 32.4 Å². The molecule has 2 aromatic rings. The van der Waals surface area contributed by atoms with Gasteiger partial charge in [-0.1, -0.05) is 60.7 Å². The van der Waals surface area contributed by atoms with Gasteiger partial charge in [0.15, 0.2) is 0 Å². The van der Waals surface area contributed by atoms with E-state index in [-0.39, 0.29) is 11.8 Å². The fraction of sp³-hybridized carbons (Fsp3) is 0.300. The van der Waals surface area contributed by atoms with Crippen molar-refractivity contribution in [3.05, 3.63) is 71.8 Å². The highest BCUT2D eigenvalue weighted by atomic mass is 16.2. The molecule has 1 N–H and O–H groups in total. The van der Waals surface area contributed by atoms with Crippen molar-refractivity contribution in [2.75, 3.05) is 7.05 Å². The van der Waals surface area contributed by atoms with Gasteiger partial charge in [-0.25, -0.2) is 0 Å². The van der Waals surface area contributed by atoms with Gasteiger partial charge in [-0.05, 0) is 24.5 Å². The Kier molecular flexibility index (Phi) is 6.55. The Balaban J connectivity index is 2.08. The molecule has 24 heavy (non-hydrogen) atoms. The van der Waals surface area contributed by atoms with Crippen LogP contribution in [-0.2, 0) is 22.6 Å². The maximum absolute atomic E-state index is 12.7. The van der Waals surface area contributed by atoms with Gasteiger partial charge in [0.25, 0.3) is 0 Å². The summed E-state index contributed by atoms with van der Waals surface area (Å²) in [6.07, 6.45) is 1.06. The predicted octanol–water partition coefficient (Wildman–Crippen LogP) is 2.78. The number of hydrogen-bond donors (Lipinski definition) is 1. The van der Waals surface area contributed by atoms with Crippen LogP contribution in [0.5, 0.6) is 0 Å². The number of nitrogens with zero attached hydrogens (tertiary/aromatic N) is 1. The Morgan fingerprint density at radius 1 is 0.958 bits per heavy atom. The lowest BCUT2D eigenvalue weighted by molar-refractivity contribution is -0.140. The smallest absolute Gasteiger partial charge is 0.242 e. The van der Waals surface area contributed by atoms with Crippen LogP contribution in [0.15, 0.2) is 60.7 Å². The molecule has 2 amide bonds. The number of hydrogen-bond acceptors (Lipinski definition) is 2. The molecule has 0 aromatic heterocycles. The van der Waals surface area contributed by atoms with E-state index in [0.29, 0.717) is 19.4 Å². The molecule has 0 saturated carbocycles. The minimum Gasteiger partial charge on any atom is -0.357 e.